The molecule has 0 aliphatic heterocycles. The Balaban J connectivity index is 2.57. The molecule has 0 amide bonds. The van der Waals surface area contributed by atoms with Gasteiger partial charge in [0.1, 0.15) is 0 Å². The third kappa shape index (κ3) is 5.86. The summed E-state index contributed by atoms with van der Waals surface area (Å²) in [7, 11) is -3.42. The highest BCUT2D eigenvalue weighted by Gasteiger charge is 2.30. The number of benzene rings is 1. The Morgan fingerprint density at radius 2 is 2.00 bits per heavy atom. The molecule has 0 radical (unpaired) electrons. The summed E-state index contributed by atoms with van der Waals surface area (Å²) in [5.41, 5.74) is 5.60. The second-order valence-electron chi connectivity index (χ2n) is 4.99. The maximum atomic E-state index is 12.1. The van der Waals surface area contributed by atoms with Crippen LogP contribution in [0.25, 0.3) is 0 Å². The summed E-state index contributed by atoms with van der Waals surface area (Å²) >= 11 is 1.45. The van der Waals surface area contributed by atoms with E-state index >= 15 is 0 Å². The minimum atomic E-state index is -3.42. The van der Waals surface area contributed by atoms with E-state index in [4.69, 9.17) is 5.73 Å². The minimum absolute atomic E-state index is 0.00815. The maximum absolute atomic E-state index is 12.1. The Kier molecular flexibility index (Phi) is 6.99. The van der Waals surface area contributed by atoms with Gasteiger partial charge in [0.05, 0.1) is 17.9 Å². The van der Waals surface area contributed by atoms with Crippen molar-refractivity contribution in [3.05, 3.63) is 24.3 Å². The highest BCUT2D eigenvalue weighted by atomic mass is 32.2. The molecule has 0 saturated carbocycles. The predicted octanol–water partition coefficient (Wildman–Crippen LogP) is 1.83. The van der Waals surface area contributed by atoms with Crippen molar-refractivity contribution in [3.63, 3.8) is 0 Å². The standard InChI is InChI=1S/C14H24N2O3S2/c1-3-14(4-2,11-17)16-21(18,19)9-8-20-13-7-5-6-12(15)10-13/h5-7,10,16-17H,3-4,8-9,11,15H2,1-2H3. The number of rotatable bonds is 9. The van der Waals surface area contributed by atoms with E-state index in [1.54, 1.807) is 6.07 Å². The highest BCUT2D eigenvalue weighted by molar-refractivity contribution is 8.00. The van der Waals surface area contributed by atoms with E-state index in [0.717, 1.165) is 4.90 Å². The third-order valence-electron chi connectivity index (χ3n) is 3.51. The minimum Gasteiger partial charge on any atom is -0.399 e. The smallest absolute Gasteiger partial charge is 0.213 e. The van der Waals surface area contributed by atoms with Gasteiger partial charge in [0.15, 0.2) is 0 Å². The normalized spacial score (nSPS) is 12.5. The molecule has 7 heteroatoms. The van der Waals surface area contributed by atoms with E-state index in [1.807, 2.05) is 32.0 Å². The van der Waals surface area contributed by atoms with Crippen molar-refractivity contribution >= 4 is 27.5 Å². The van der Waals surface area contributed by atoms with Gasteiger partial charge in [-0.05, 0) is 31.0 Å². The van der Waals surface area contributed by atoms with E-state index in [1.165, 1.54) is 11.8 Å². The lowest BCUT2D eigenvalue weighted by Crippen LogP contribution is -2.51. The number of nitrogen functional groups attached to an aromatic ring is 1. The average molecular weight is 332 g/mol. The van der Waals surface area contributed by atoms with Gasteiger partial charge >= 0.3 is 0 Å². The molecule has 0 aliphatic rings. The largest absolute Gasteiger partial charge is 0.399 e. The summed E-state index contributed by atoms with van der Waals surface area (Å²) in [5, 5.41) is 9.43. The van der Waals surface area contributed by atoms with Crippen molar-refractivity contribution in [3.8, 4) is 0 Å². The van der Waals surface area contributed by atoms with E-state index in [2.05, 4.69) is 4.72 Å². The molecule has 0 aliphatic carbocycles. The van der Waals surface area contributed by atoms with Gasteiger partial charge in [-0.3, -0.25) is 0 Å². The lowest BCUT2D eigenvalue weighted by molar-refractivity contribution is 0.172. The number of hydrogen-bond donors (Lipinski definition) is 3. The number of hydrogen-bond acceptors (Lipinski definition) is 5. The van der Waals surface area contributed by atoms with Gasteiger partial charge in [0.2, 0.25) is 10.0 Å². The first-order chi connectivity index (χ1) is 9.86. The molecular formula is C14H24N2O3S2. The Labute approximate surface area is 131 Å². The molecule has 0 aromatic heterocycles. The van der Waals surface area contributed by atoms with Gasteiger partial charge in [0.25, 0.3) is 0 Å². The van der Waals surface area contributed by atoms with Gasteiger partial charge in [0, 0.05) is 16.3 Å². The van der Waals surface area contributed by atoms with Crippen molar-refractivity contribution in [1.82, 2.24) is 4.72 Å². The predicted molar refractivity (Wildman–Crippen MR) is 88.9 cm³/mol. The molecule has 0 heterocycles. The number of anilines is 1. The SMILES string of the molecule is CCC(CC)(CO)NS(=O)(=O)CCSc1cccc(N)c1. The monoisotopic (exact) mass is 332 g/mol. The van der Waals surface area contributed by atoms with Crippen LogP contribution in [0, 0.1) is 0 Å². The molecule has 0 spiro atoms. The molecule has 0 atom stereocenters. The molecule has 1 aromatic rings. The number of aliphatic hydroxyl groups excluding tert-OH is 1. The van der Waals surface area contributed by atoms with Gasteiger partial charge in [-0.25, -0.2) is 13.1 Å². The quantitative estimate of drug-likeness (QED) is 0.474. The molecular weight excluding hydrogens is 308 g/mol. The zero-order valence-corrected chi connectivity index (χ0v) is 14.1. The van der Waals surface area contributed by atoms with Crippen LogP contribution in [-0.2, 0) is 10.0 Å². The molecule has 120 valence electrons. The van der Waals surface area contributed by atoms with Gasteiger partial charge in [-0.15, -0.1) is 11.8 Å². The summed E-state index contributed by atoms with van der Waals surface area (Å²) in [6, 6.07) is 7.35. The van der Waals surface area contributed by atoms with Crippen LogP contribution in [0.15, 0.2) is 29.2 Å². The second kappa shape index (κ2) is 8.03. The van der Waals surface area contributed by atoms with Gasteiger partial charge in [-0.2, -0.15) is 0 Å². The van der Waals surface area contributed by atoms with E-state index in [-0.39, 0.29) is 12.4 Å². The Morgan fingerprint density at radius 1 is 1.33 bits per heavy atom. The average Bonchev–Trinajstić information content (AvgIpc) is 2.45. The third-order valence-corrected chi connectivity index (χ3v) is 6.25. The number of nitrogens with two attached hydrogens (primary N) is 1. The molecule has 0 saturated heterocycles. The molecule has 0 unspecified atom stereocenters. The van der Waals surface area contributed by atoms with Crippen LogP contribution < -0.4 is 10.5 Å². The Hall–Kier alpha value is -0.760. The molecule has 1 rings (SSSR count). The molecule has 1 aromatic carbocycles. The van der Waals surface area contributed by atoms with Crippen LogP contribution in [0.1, 0.15) is 26.7 Å². The summed E-state index contributed by atoms with van der Waals surface area (Å²) in [5.74, 6) is 0.446. The van der Waals surface area contributed by atoms with Crippen LogP contribution in [-0.4, -0.2) is 37.2 Å². The van der Waals surface area contributed by atoms with Crippen LogP contribution >= 0.6 is 11.8 Å². The maximum Gasteiger partial charge on any atom is 0.213 e. The molecule has 0 fully saturated rings. The van der Waals surface area contributed by atoms with Crippen molar-refractivity contribution in [2.24, 2.45) is 0 Å². The van der Waals surface area contributed by atoms with E-state index in [0.29, 0.717) is 24.3 Å². The topological polar surface area (TPSA) is 92.4 Å². The summed E-state index contributed by atoms with van der Waals surface area (Å²) in [6.45, 7) is 3.54. The number of aliphatic hydroxyl groups is 1. The fourth-order valence-corrected chi connectivity index (χ4v) is 4.86. The van der Waals surface area contributed by atoms with Crippen LogP contribution in [0.4, 0.5) is 5.69 Å². The summed E-state index contributed by atoms with van der Waals surface area (Å²) < 4.78 is 26.9. The second-order valence-corrected chi connectivity index (χ2v) is 8.00. The first-order valence-corrected chi connectivity index (χ1v) is 9.61. The van der Waals surface area contributed by atoms with Crippen molar-refractivity contribution in [2.75, 3.05) is 23.8 Å². The van der Waals surface area contributed by atoms with Crippen LogP contribution in [0.2, 0.25) is 0 Å². The number of sulfonamides is 1. The first-order valence-electron chi connectivity index (χ1n) is 6.97. The Bertz CT molecular complexity index is 535. The zero-order chi connectivity index (χ0) is 15.9. The Morgan fingerprint density at radius 3 is 2.52 bits per heavy atom. The fourth-order valence-electron chi connectivity index (χ4n) is 1.90. The zero-order valence-electron chi connectivity index (χ0n) is 12.5. The van der Waals surface area contributed by atoms with Crippen molar-refractivity contribution in [2.45, 2.75) is 37.1 Å². The van der Waals surface area contributed by atoms with Crippen molar-refractivity contribution in [1.29, 1.82) is 0 Å². The number of nitrogens with one attached hydrogen (secondary N) is 1. The first kappa shape index (κ1) is 18.3. The van der Waals surface area contributed by atoms with E-state index < -0.39 is 15.6 Å². The van der Waals surface area contributed by atoms with Crippen LogP contribution in [0.3, 0.4) is 0 Å². The highest BCUT2D eigenvalue weighted by Crippen LogP contribution is 2.21. The van der Waals surface area contributed by atoms with Crippen LogP contribution in [0.5, 0.6) is 0 Å². The number of thioether (sulfide) groups is 1. The fraction of sp³-hybridized carbons (Fsp3) is 0.571. The van der Waals surface area contributed by atoms with Crippen molar-refractivity contribution < 1.29 is 13.5 Å². The summed E-state index contributed by atoms with van der Waals surface area (Å²) in [4.78, 5) is 0.949. The van der Waals surface area contributed by atoms with Gasteiger partial charge in [-0.1, -0.05) is 19.9 Å². The molecule has 0 bridgehead atoms. The lowest BCUT2D eigenvalue weighted by atomic mass is 9.96. The molecule has 5 nitrogen and oxygen atoms in total. The summed E-state index contributed by atoms with van der Waals surface area (Å²) in [6.07, 6.45) is 1.11. The lowest BCUT2D eigenvalue weighted by Gasteiger charge is -2.30. The van der Waals surface area contributed by atoms with E-state index in [9.17, 15) is 13.5 Å². The van der Waals surface area contributed by atoms with Gasteiger partial charge < -0.3 is 10.8 Å². The molecule has 21 heavy (non-hydrogen) atoms. The molecule has 4 N–H and O–H groups in total.